The van der Waals surface area contributed by atoms with Crippen LogP contribution in [0.4, 0.5) is 0 Å². The third kappa shape index (κ3) is 2.93. The summed E-state index contributed by atoms with van der Waals surface area (Å²) in [7, 11) is -3.28. The van der Waals surface area contributed by atoms with Crippen molar-refractivity contribution in [3.05, 3.63) is 23.3 Å². The minimum absolute atomic E-state index is 0.0415. The molecule has 0 bridgehead atoms. The Morgan fingerprint density at radius 1 is 1.19 bits per heavy atom. The van der Waals surface area contributed by atoms with Gasteiger partial charge in [0.2, 0.25) is 16.8 Å². The third-order valence-electron chi connectivity index (χ3n) is 6.64. The van der Waals surface area contributed by atoms with Crippen molar-refractivity contribution < 1.29 is 17.9 Å². The fraction of sp³-hybridized carbons (Fsp3) is 0.684. The molecule has 2 saturated heterocycles. The van der Waals surface area contributed by atoms with Gasteiger partial charge in [0.25, 0.3) is 0 Å². The zero-order valence-electron chi connectivity index (χ0n) is 15.5. The molecule has 0 aliphatic carbocycles. The van der Waals surface area contributed by atoms with E-state index in [0.717, 1.165) is 50.3 Å². The van der Waals surface area contributed by atoms with E-state index >= 15 is 0 Å². The standard InChI is InChI=1S/C19H27N3O4S/c20-4-7-27(23,24)22-5-1-2-14-11-21-6-3-13-8-18-19(26-12-25-18)9-15(13)17(21)10-16(14)22/h8-9,14,16-17H,1-7,10-12,20H2/t14-,16+,17+/m1/s1. The number of benzene rings is 1. The van der Waals surface area contributed by atoms with Gasteiger partial charge in [-0.15, -0.1) is 0 Å². The molecule has 0 radical (unpaired) electrons. The number of hydrogen-bond acceptors (Lipinski definition) is 6. The first-order chi connectivity index (χ1) is 13.1. The molecular weight excluding hydrogens is 366 g/mol. The van der Waals surface area contributed by atoms with Gasteiger partial charge in [0.15, 0.2) is 11.5 Å². The Morgan fingerprint density at radius 3 is 2.81 bits per heavy atom. The summed E-state index contributed by atoms with van der Waals surface area (Å²) in [5, 5.41) is 0. The van der Waals surface area contributed by atoms with Crippen molar-refractivity contribution in [2.45, 2.75) is 37.8 Å². The van der Waals surface area contributed by atoms with Gasteiger partial charge in [0, 0.05) is 38.3 Å². The minimum Gasteiger partial charge on any atom is -0.454 e. The molecule has 4 aliphatic heterocycles. The molecule has 8 heteroatoms. The number of nitrogens with two attached hydrogens (primary N) is 1. The molecule has 0 saturated carbocycles. The lowest BCUT2D eigenvalue weighted by Crippen LogP contribution is -2.58. The van der Waals surface area contributed by atoms with Gasteiger partial charge in [0.05, 0.1) is 5.75 Å². The Labute approximate surface area is 160 Å². The molecule has 2 N–H and O–H groups in total. The van der Waals surface area contributed by atoms with Crippen LogP contribution in [0, 0.1) is 5.92 Å². The summed E-state index contributed by atoms with van der Waals surface area (Å²) < 4.78 is 38.5. The lowest BCUT2D eigenvalue weighted by Gasteiger charge is -2.51. The molecule has 5 rings (SSSR count). The second-order valence-corrected chi connectivity index (χ2v) is 10.1. The van der Waals surface area contributed by atoms with Crippen LogP contribution in [0.1, 0.15) is 36.4 Å². The Bertz CT molecular complexity index is 844. The van der Waals surface area contributed by atoms with Gasteiger partial charge in [0.1, 0.15) is 0 Å². The van der Waals surface area contributed by atoms with E-state index < -0.39 is 10.0 Å². The zero-order chi connectivity index (χ0) is 18.6. The van der Waals surface area contributed by atoms with Crippen LogP contribution >= 0.6 is 0 Å². The van der Waals surface area contributed by atoms with E-state index in [2.05, 4.69) is 17.0 Å². The van der Waals surface area contributed by atoms with E-state index in [0.29, 0.717) is 12.5 Å². The van der Waals surface area contributed by atoms with Crippen molar-refractivity contribution in [3.63, 3.8) is 0 Å². The molecule has 0 aromatic heterocycles. The second kappa shape index (κ2) is 6.62. The average molecular weight is 394 g/mol. The summed E-state index contributed by atoms with van der Waals surface area (Å²) in [5.74, 6) is 2.10. The summed E-state index contributed by atoms with van der Waals surface area (Å²) in [6, 6.07) is 4.56. The number of sulfonamides is 1. The number of rotatable bonds is 3. The molecule has 7 nitrogen and oxygen atoms in total. The summed E-state index contributed by atoms with van der Waals surface area (Å²) in [6.07, 6.45) is 3.91. The summed E-state index contributed by atoms with van der Waals surface area (Å²) in [4.78, 5) is 2.55. The van der Waals surface area contributed by atoms with E-state index in [1.807, 2.05) is 0 Å². The highest BCUT2D eigenvalue weighted by atomic mass is 32.2. The van der Waals surface area contributed by atoms with Crippen molar-refractivity contribution in [2.75, 3.05) is 38.7 Å². The molecule has 0 spiro atoms. The summed E-state index contributed by atoms with van der Waals surface area (Å²) in [6.45, 7) is 3.08. The predicted octanol–water partition coefficient (Wildman–Crippen LogP) is 1.09. The van der Waals surface area contributed by atoms with Gasteiger partial charge >= 0.3 is 0 Å². The Hall–Kier alpha value is -1.35. The first-order valence-electron chi connectivity index (χ1n) is 9.93. The molecule has 4 aliphatic rings. The van der Waals surface area contributed by atoms with Crippen molar-refractivity contribution >= 4 is 10.0 Å². The first kappa shape index (κ1) is 17.7. The van der Waals surface area contributed by atoms with Crippen LogP contribution in [0.25, 0.3) is 0 Å². The fourth-order valence-electron chi connectivity index (χ4n) is 5.40. The van der Waals surface area contributed by atoms with Crippen LogP contribution in [-0.2, 0) is 16.4 Å². The van der Waals surface area contributed by atoms with Gasteiger partial charge in [-0.05, 0) is 54.9 Å². The summed E-state index contributed by atoms with van der Waals surface area (Å²) >= 11 is 0. The highest BCUT2D eigenvalue weighted by molar-refractivity contribution is 7.89. The first-order valence-corrected chi connectivity index (χ1v) is 11.5. The normalized spacial score (nSPS) is 30.5. The third-order valence-corrected chi connectivity index (χ3v) is 8.56. The SMILES string of the molecule is NCCS(=O)(=O)N1CCC[C@@H]2CN3CCc4cc5c(cc4[C@@H]3C[C@@H]21)OCO5. The van der Waals surface area contributed by atoms with Crippen LogP contribution in [0.15, 0.2) is 12.1 Å². The van der Waals surface area contributed by atoms with E-state index in [-0.39, 0.29) is 31.2 Å². The van der Waals surface area contributed by atoms with Gasteiger partial charge in [-0.2, -0.15) is 4.31 Å². The van der Waals surface area contributed by atoms with Gasteiger partial charge in [-0.25, -0.2) is 8.42 Å². The Balaban J connectivity index is 1.47. The number of piperidine rings is 2. The molecule has 2 fully saturated rings. The highest BCUT2D eigenvalue weighted by Crippen LogP contribution is 2.46. The van der Waals surface area contributed by atoms with E-state index in [4.69, 9.17) is 15.2 Å². The molecular formula is C19H27N3O4S. The van der Waals surface area contributed by atoms with Crippen LogP contribution in [0.2, 0.25) is 0 Å². The number of hydrogen-bond donors (Lipinski definition) is 1. The topological polar surface area (TPSA) is 85.1 Å². The monoisotopic (exact) mass is 393 g/mol. The van der Waals surface area contributed by atoms with Crippen LogP contribution in [0.3, 0.4) is 0 Å². The largest absolute Gasteiger partial charge is 0.454 e. The molecule has 1 aromatic carbocycles. The molecule has 0 unspecified atom stereocenters. The smallest absolute Gasteiger partial charge is 0.231 e. The predicted molar refractivity (Wildman–Crippen MR) is 101 cm³/mol. The van der Waals surface area contributed by atoms with E-state index in [1.54, 1.807) is 4.31 Å². The van der Waals surface area contributed by atoms with Crippen molar-refractivity contribution in [1.82, 2.24) is 9.21 Å². The quantitative estimate of drug-likeness (QED) is 0.827. The van der Waals surface area contributed by atoms with E-state index in [9.17, 15) is 8.42 Å². The lowest BCUT2D eigenvalue weighted by atomic mass is 9.77. The van der Waals surface area contributed by atoms with Crippen LogP contribution in [-0.4, -0.2) is 62.4 Å². The maximum absolute atomic E-state index is 12.8. The van der Waals surface area contributed by atoms with Crippen molar-refractivity contribution in [1.29, 1.82) is 0 Å². The number of fused-ring (bicyclic) bond motifs is 5. The Morgan fingerprint density at radius 2 is 2.00 bits per heavy atom. The molecule has 0 amide bonds. The maximum Gasteiger partial charge on any atom is 0.231 e. The van der Waals surface area contributed by atoms with Gasteiger partial charge in [-0.1, -0.05) is 0 Å². The van der Waals surface area contributed by atoms with Crippen LogP contribution in [0.5, 0.6) is 11.5 Å². The number of nitrogens with zero attached hydrogens (tertiary/aromatic N) is 2. The second-order valence-electron chi connectivity index (χ2n) is 8.09. The molecule has 1 aromatic rings. The van der Waals surface area contributed by atoms with Crippen LogP contribution < -0.4 is 15.2 Å². The Kier molecular flexibility index (Phi) is 4.34. The minimum atomic E-state index is -3.28. The van der Waals surface area contributed by atoms with Crippen molar-refractivity contribution in [2.24, 2.45) is 11.7 Å². The zero-order valence-corrected chi connectivity index (χ0v) is 16.3. The van der Waals surface area contributed by atoms with E-state index in [1.165, 1.54) is 11.1 Å². The van der Waals surface area contributed by atoms with Gasteiger partial charge in [-0.3, -0.25) is 4.90 Å². The lowest BCUT2D eigenvalue weighted by molar-refractivity contribution is 0.0220. The maximum atomic E-state index is 12.8. The van der Waals surface area contributed by atoms with Crippen molar-refractivity contribution in [3.8, 4) is 11.5 Å². The molecule has 148 valence electrons. The summed E-state index contributed by atoms with van der Waals surface area (Å²) in [5.41, 5.74) is 8.17. The average Bonchev–Trinajstić information content (AvgIpc) is 3.11. The highest BCUT2D eigenvalue weighted by Gasteiger charge is 2.46. The fourth-order valence-corrected chi connectivity index (χ4v) is 7.02. The molecule has 4 heterocycles. The molecule has 27 heavy (non-hydrogen) atoms. The number of ether oxygens (including phenoxy) is 2. The van der Waals surface area contributed by atoms with Gasteiger partial charge < -0.3 is 15.2 Å². The molecule has 3 atom stereocenters.